The van der Waals surface area contributed by atoms with Crippen molar-refractivity contribution in [2.24, 2.45) is 0 Å². The Hall–Kier alpha value is -2.35. The summed E-state index contributed by atoms with van der Waals surface area (Å²) in [5.74, 6) is 1.14. The van der Waals surface area contributed by atoms with Crippen LogP contribution in [0.15, 0.2) is 24.3 Å². The van der Waals surface area contributed by atoms with E-state index in [0.717, 1.165) is 28.3 Å². The molecule has 2 aromatic rings. The summed E-state index contributed by atoms with van der Waals surface area (Å²) in [6, 6.07) is 7.62. The maximum absolute atomic E-state index is 12.5. The predicted molar refractivity (Wildman–Crippen MR) is 112 cm³/mol. The van der Waals surface area contributed by atoms with Crippen LogP contribution in [-0.2, 0) is 21.2 Å². The first-order valence-electron chi connectivity index (χ1n) is 9.85. The molecule has 1 aromatic carbocycles. The van der Waals surface area contributed by atoms with Crippen molar-refractivity contribution in [3.63, 3.8) is 0 Å². The van der Waals surface area contributed by atoms with Gasteiger partial charge in [0.25, 0.3) is 0 Å². The highest BCUT2D eigenvalue weighted by atomic mass is 32.2. The number of carbonyl (C=O) groups excluding carboxylic acids is 1. The zero-order chi connectivity index (χ0) is 21.2. The highest BCUT2D eigenvalue weighted by molar-refractivity contribution is 7.91. The van der Waals surface area contributed by atoms with Gasteiger partial charge in [0.05, 0.1) is 36.3 Å². The summed E-state index contributed by atoms with van der Waals surface area (Å²) in [4.78, 5) is 14.2. The third kappa shape index (κ3) is 4.98. The van der Waals surface area contributed by atoms with Gasteiger partial charge < -0.3 is 9.64 Å². The van der Waals surface area contributed by atoms with E-state index in [2.05, 4.69) is 5.10 Å². The topological polar surface area (TPSA) is 81.5 Å². The Morgan fingerprint density at radius 3 is 2.66 bits per heavy atom. The molecule has 0 N–H and O–H groups in total. The maximum atomic E-state index is 12.5. The standard InChI is InChI=1S/C21H29N3O4S/c1-15-7-5-6-8-20(15)28-11-9-21(25)23(4)13-19-16(2)22-24(17(19)3)18-10-12-29(26,27)14-18/h5-8,18H,9-14H2,1-4H3/t18-/m0/s1. The fraction of sp³-hybridized carbons (Fsp3) is 0.524. The number of benzene rings is 1. The summed E-state index contributed by atoms with van der Waals surface area (Å²) in [6.07, 6.45) is 0.882. The largest absolute Gasteiger partial charge is 0.493 e. The molecule has 1 aromatic heterocycles. The normalized spacial score (nSPS) is 18.0. The smallest absolute Gasteiger partial charge is 0.226 e. The SMILES string of the molecule is Cc1ccccc1OCCC(=O)N(C)Cc1c(C)nn([C@H]2CCS(=O)(=O)C2)c1C. The summed E-state index contributed by atoms with van der Waals surface area (Å²) in [5, 5.41) is 4.57. The molecule has 1 aliphatic rings. The molecule has 0 radical (unpaired) electrons. The molecule has 1 atom stereocenters. The molecule has 158 valence electrons. The molecule has 7 nitrogen and oxygen atoms in total. The number of ether oxygens (including phenoxy) is 1. The highest BCUT2D eigenvalue weighted by Crippen LogP contribution is 2.27. The third-order valence-corrected chi connectivity index (χ3v) is 7.27. The summed E-state index contributed by atoms with van der Waals surface area (Å²) in [7, 11) is -1.21. The van der Waals surface area contributed by atoms with Crippen molar-refractivity contribution >= 4 is 15.7 Å². The van der Waals surface area contributed by atoms with Gasteiger partial charge in [0.1, 0.15) is 5.75 Å². The van der Waals surface area contributed by atoms with Gasteiger partial charge in [-0.25, -0.2) is 8.42 Å². The van der Waals surface area contributed by atoms with Crippen molar-refractivity contribution in [1.29, 1.82) is 0 Å². The van der Waals surface area contributed by atoms with Gasteiger partial charge in [0.15, 0.2) is 9.84 Å². The molecule has 2 heterocycles. The first-order valence-corrected chi connectivity index (χ1v) is 11.7. The van der Waals surface area contributed by atoms with E-state index in [1.807, 2.05) is 49.7 Å². The Labute approximate surface area is 172 Å². The second-order valence-corrected chi connectivity index (χ2v) is 9.99. The van der Waals surface area contributed by atoms with Gasteiger partial charge in [0.2, 0.25) is 5.91 Å². The second kappa shape index (κ2) is 8.57. The van der Waals surface area contributed by atoms with E-state index in [1.54, 1.807) is 11.9 Å². The Morgan fingerprint density at radius 1 is 1.28 bits per heavy atom. The molecule has 3 rings (SSSR count). The van der Waals surface area contributed by atoms with Crippen LogP contribution in [0.4, 0.5) is 0 Å². The van der Waals surface area contributed by atoms with Crippen molar-refractivity contribution in [2.45, 2.75) is 46.2 Å². The molecule has 29 heavy (non-hydrogen) atoms. The van der Waals surface area contributed by atoms with E-state index in [4.69, 9.17) is 4.74 Å². The molecule has 0 spiro atoms. The van der Waals surface area contributed by atoms with Crippen molar-refractivity contribution in [3.8, 4) is 5.75 Å². The Balaban J connectivity index is 1.59. The number of hydrogen-bond donors (Lipinski definition) is 0. The molecule has 0 saturated carbocycles. The lowest BCUT2D eigenvalue weighted by molar-refractivity contribution is -0.130. The zero-order valence-electron chi connectivity index (χ0n) is 17.5. The van der Waals surface area contributed by atoms with Crippen LogP contribution in [0, 0.1) is 20.8 Å². The molecule has 1 amide bonds. The lowest BCUT2D eigenvalue weighted by Crippen LogP contribution is -2.28. The monoisotopic (exact) mass is 419 g/mol. The number of hydrogen-bond acceptors (Lipinski definition) is 5. The van der Waals surface area contributed by atoms with Gasteiger partial charge in [-0.1, -0.05) is 18.2 Å². The van der Waals surface area contributed by atoms with Gasteiger partial charge in [0, 0.05) is 24.8 Å². The average molecular weight is 420 g/mol. The number of carbonyl (C=O) groups is 1. The van der Waals surface area contributed by atoms with Gasteiger partial charge in [-0.2, -0.15) is 5.10 Å². The fourth-order valence-corrected chi connectivity index (χ4v) is 5.42. The van der Waals surface area contributed by atoms with Crippen LogP contribution in [-0.4, -0.2) is 54.2 Å². The summed E-state index contributed by atoms with van der Waals surface area (Å²) >= 11 is 0. The number of aryl methyl sites for hydroxylation is 2. The number of sulfone groups is 1. The number of rotatable bonds is 7. The lowest BCUT2D eigenvalue weighted by Gasteiger charge is -2.18. The molecule has 0 bridgehead atoms. The fourth-order valence-electron chi connectivity index (χ4n) is 3.73. The van der Waals surface area contributed by atoms with E-state index in [9.17, 15) is 13.2 Å². The predicted octanol–water partition coefficient (Wildman–Crippen LogP) is 2.60. The lowest BCUT2D eigenvalue weighted by atomic mass is 10.1. The van der Waals surface area contributed by atoms with Crippen LogP contribution in [0.1, 0.15) is 41.4 Å². The Morgan fingerprint density at radius 2 is 2.00 bits per heavy atom. The minimum absolute atomic E-state index is 0.00595. The number of amides is 1. The van der Waals surface area contributed by atoms with Crippen LogP contribution < -0.4 is 4.74 Å². The van der Waals surface area contributed by atoms with Gasteiger partial charge in [-0.05, 0) is 38.8 Å². The molecule has 8 heteroatoms. The molecule has 1 aliphatic heterocycles. The molecular formula is C21H29N3O4S. The molecule has 1 fully saturated rings. The van der Waals surface area contributed by atoms with E-state index in [0.29, 0.717) is 19.6 Å². The van der Waals surface area contributed by atoms with Crippen LogP contribution >= 0.6 is 0 Å². The van der Waals surface area contributed by atoms with Crippen LogP contribution in [0.3, 0.4) is 0 Å². The summed E-state index contributed by atoms with van der Waals surface area (Å²) in [5.41, 5.74) is 3.79. The second-order valence-electron chi connectivity index (χ2n) is 7.76. The van der Waals surface area contributed by atoms with E-state index in [-0.39, 0.29) is 29.9 Å². The summed E-state index contributed by atoms with van der Waals surface area (Å²) < 4.78 is 31.2. The van der Waals surface area contributed by atoms with E-state index >= 15 is 0 Å². The quantitative estimate of drug-likeness (QED) is 0.689. The van der Waals surface area contributed by atoms with E-state index in [1.165, 1.54) is 0 Å². The van der Waals surface area contributed by atoms with E-state index < -0.39 is 9.84 Å². The maximum Gasteiger partial charge on any atom is 0.226 e. The van der Waals surface area contributed by atoms with Crippen molar-refractivity contribution in [2.75, 3.05) is 25.2 Å². The average Bonchev–Trinajstić information content (AvgIpc) is 3.16. The van der Waals surface area contributed by atoms with Crippen molar-refractivity contribution < 1.29 is 17.9 Å². The van der Waals surface area contributed by atoms with Gasteiger partial charge >= 0.3 is 0 Å². The molecule has 0 unspecified atom stereocenters. The summed E-state index contributed by atoms with van der Waals surface area (Å²) in [6.45, 7) is 6.59. The van der Waals surface area contributed by atoms with Crippen molar-refractivity contribution in [3.05, 3.63) is 46.8 Å². The molecular weight excluding hydrogens is 390 g/mol. The highest BCUT2D eigenvalue weighted by Gasteiger charge is 2.31. The minimum atomic E-state index is -2.98. The minimum Gasteiger partial charge on any atom is -0.493 e. The number of nitrogens with zero attached hydrogens (tertiary/aromatic N) is 3. The number of aromatic nitrogens is 2. The Kier molecular flexibility index (Phi) is 6.31. The molecule has 1 saturated heterocycles. The Bertz CT molecular complexity index is 997. The van der Waals surface area contributed by atoms with Crippen LogP contribution in [0.2, 0.25) is 0 Å². The first-order chi connectivity index (χ1) is 13.7. The van der Waals surface area contributed by atoms with Crippen molar-refractivity contribution in [1.82, 2.24) is 14.7 Å². The number of para-hydroxylation sites is 1. The first kappa shape index (κ1) is 21.4. The van der Waals surface area contributed by atoms with Gasteiger partial charge in [-0.3, -0.25) is 9.48 Å². The van der Waals surface area contributed by atoms with Gasteiger partial charge in [-0.15, -0.1) is 0 Å². The van der Waals surface area contributed by atoms with Crippen LogP contribution in [0.5, 0.6) is 5.75 Å². The van der Waals surface area contributed by atoms with Crippen LogP contribution in [0.25, 0.3) is 0 Å². The molecule has 0 aliphatic carbocycles. The third-order valence-electron chi connectivity index (χ3n) is 5.52. The zero-order valence-corrected chi connectivity index (χ0v) is 18.3.